The summed E-state index contributed by atoms with van der Waals surface area (Å²) in [5.74, 6) is -1.44. The lowest BCUT2D eigenvalue weighted by atomic mass is 10.1. The second-order valence-electron chi connectivity index (χ2n) is 7.62. The van der Waals surface area contributed by atoms with Crippen LogP contribution >= 0.6 is 22.9 Å². The van der Waals surface area contributed by atoms with Crippen LogP contribution in [0.25, 0.3) is 0 Å². The standard InChI is InChI=1S/C21H24ClFN6O2S/c1-12-21(32-18(25-12)9-13-7-14(22)10-15(23)8-13)29(6-5-27(2)3)20(31)16-11-17(19(24)30)28(4)26-16/h7-8,10-11H,5-6,9H2,1-4H3,(H2,24,30). The molecule has 0 atom stereocenters. The fraction of sp³-hybridized carbons (Fsp3) is 0.333. The van der Waals surface area contributed by atoms with Crippen molar-refractivity contribution < 1.29 is 14.0 Å². The molecule has 0 spiro atoms. The minimum Gasteiger partial charge on any atom is -0.364 e. The van der Waals surface area contributed by atoms with Crippen LogP contribution in [-0.4, -0.2) is 58.7 Å². The molecule has 0 fully saturated rings. The Labute approximate surface area is 194 Å². The number of halogens is 2. The SMILES string of the molecule is Cc1nc(Cc2cc(F)cc(Cl)c2)sc1N(CCN(C)C)C(=O)c1cc(C(N)=O)n(C)n1. The predicted octanol–water partition coefficient (Wildman–Crippen LogP) is 2.88. The molecule has 0 aliphatic carbocycles. The molecule has 8 nitrogen and oxygen atoms in total. The van der Waals surface area contributed by atoms with Gasteiger partial charge in [-0.05, 0) is 44.8 Å². The van der Waals surface area contributed by atoms with Crippen molar-refractivity contribution in [2.75, 3.05) is 32.1 Å². The van der Waals surface area contributed by atoms with Crippen molar-refractivity contribution in [2.45, 2.75) is 13.3 Å². The predicted molar refractivity (Wildman–Crippen MR) is 123 cm³/mol. The highest BCUT2D eigenvalue weighted by Crippen LogP contribution is 2.31. The van der Waals surface area contributed by atoms with Gasteiger partial charge in [-0.1, -0.05) is 11.6 Å². The zero-order valence-electron chi connectivity index (χ0n) is 18.2. The van der Waals surface area contributed by atoms with Crippen LogP contribution in [0.5, 0.6) is 0 Å². The van der Waals surface area contributed by atoms with E-state index in [4.69, 9.17) is 17.3 Å². The average molecular weight is 479 g/mol. The van der Waals surface area contributed by atoms with Gasteiger partial charge in [0.15, 0.2) is 5.69 Å². The Morgan fingerprint density at radius 1 is 1.22 bits per heavy atom. The summed E-state index contributed by atoms with van der Waals surface area (Å²) < 4.78 is 15.0. The number of anilines is 1. The maximum absolute atomic E-state index is 13.7. The van der Waals surface area contributed by atoms with E-state index < -0.39 is 11.7 Å². The fourth-order valence-electron chi connectivity index (χ4n) is 3.19. The van der Waals surface area contributed by atoms with E-state index in [0.29, 0.717) is 40.8 Å². The number of nitrogens with zero attached hydrogens (tertiary/aromatic N) is 5. The van der Waals surface area contributed by atoms with Gasteiger partial charge in [-0.3, -0.25) is 19.2 Å². The van der Waals surface area contributed by atoms with Gasteiger partial charge in [0.1, 0.15) is 16.5 Å². The Morgan fingerprint density at radius 3 is 2.53 bits per heavy atom. The molecule has 2 amide bonds. The Morgan fingerprint density at radius 2 is 1.94 bits per heavy atom. The largest absolute Gasteiger partial charge is 0.364 e. The number of primary amides is 1. The number of likely N-dealkylation sites (N-methyl/N-ethyl adjacent to an activating group) is 1. The Kier molecular flexibility index (Phi) is 7.27. The van der Waals surface area contributed by atoms with Crippen molar-refractivity contribution in [3.8, 4) is 0 Å². The number of aromatic nitrogens is 3. The van der Waals surface area contributed by atoms with Crippen molar-refractivity contribution in [1.82, 2.24) is 19.7 Å². The third-order valence-electron chi connectivity index (χ3n) is 4.71. The van der Waals surface area contributed by atoms with Crippen LogP contribution in [0.1, 0.15) is 37.2 Å². The van der Waals surface area contributed by atoms with Gasteiger partial charge in [0.2, 0.25) is 0 Å². The van der Waals surface area contributed by atoms with Crippen LogP contribution in [-0.2, 0) is 13.5 Å². The van der Waals surface area contributed by atoms with E-state index in [-0.39, 0.29) is 17.3 Å². The van der Waals surface area contributed by atoms with Gasteiger partial charge in [0.05, 0.1) is 10.7 Å². The highest BCUT2D eigenvalue weighted by molar-refractivity contribution is 7.16. The van der Waals surface area contributed by atoms with Crippen LogP contribution in [0, 0.1) is 12.7 Å². The molecule has 32 heavy (non-hydrogen) atoms. The van der Waals surface area contributed by atoms with E-state index in [1.54, 1.807) is 18.0 Å². The first kappa shape index (κ1) is 23.8. The molecule has 11 heteroatoms. The zero-order valence-corrected chi connectivity index (χ0v) is 19.8. The summed E-state index contributed by atoms with van der Waals surface area (Å²) in [4.78, 5) is 33.1. The lowest BCUT2D eigenvalue weighted by Crippen LogP contribution is -2.37. The Bertz CT molecular complexity index is 1140. The van der Waals surface area contributed by atoms with Gasteiger partial charge in [-0.25, -0.2) is 9.37 Å². The molecule has 3 rings (SSSR count). The number of hydrogen-bond acceptors (Lipinski definition) is 6. The molecule has 3 aromatic rings. The van der Waals surface area contributed by atoms with Gasteiger partial charge >= 0.3 is 0 Å². The molecule has 0 aliphatic rings. The molecule has 0 aliphatic heterocycles. The smallest absolute Gasteiger partial charge is 0.279 e. The fourth-order valence-corrected chi connectivity index (χ4v) is 4.56. The van der Waals surface area contributed by atoms with Gasteiger partial charge in [-0.2, -0.15) is 5.10 Å². The molecule has 0 saturated heterocycles. The van der Waals surface area contributed by atoms with Crippen LogP contribution in [0.15, 0.2) is 24.3 Å². The maximum atomic E-state index is 13.7. The molecule has 1 aromatic carbocycles. The van der Waals surface area contributed by atoms with Crippen LogP contribution in [0.2, 0.25) is 5.02 Å². The molecular formula is C21H24ClFN6O2S. The number of hydrogen-bond donors (Lipinski definition) is 1. The highest BCUT2D eigenvalue weighted by Gasteiger charge is 2.26. The van der Waals surface area contributed by atoms with Crippen molar-refractivity contribution in [3.05, 3.63) is 62.8 Å². The summed E-state index contributed by atoms with van der Waals surface area (Å²) in [5.41, 5.74) is 6.99. The van der Waals surface area contributed by atoms with Gasteiger partial charge in [0.25, 0.3) is 11.8 Å². The van der Waals surface area contributed by atoms with Crippen LogP contribution in [0.3, 0.4) is 0 Å². The van der Waals surface area contributed by atoms with Gasteiger partial charge < -0.3 is 10.6 Å². The normalized spacial score (nSPS) is 11.2. The number of aryl methyl sites for hydroxylation is 2. The van der Waals surface area contributed by atoms with E-state index in [2.05, 4.69) is 10.1 Å². The van der Waals surface area contributed by atoms with Crippen LogP contribution < -0.4 is 10.6 Å². The molecule has 170 valence electrons. The van der Waals surface area contributed by atoms with E-state index >= 15 is 0 Å². The summed E-state index contributed by atoms with van der Waals surface area (Å²) in [5, 5.41) is 5.87. The van der Waals surface area contributed by atoms with E-state index in [1.165, 1.54) is 34.2 Å². The van der Waals surface area contributed by atoms with Crippen molar-refractivity contribution in [2.24, 2.45) is 12.8 Å². The summed E-state index contributed by atoms with van der Waals surface area (Å²) in [6, 6.07) is 5.74. The lowest BCUT2D eigenvalue weighted by molar-refractivity contribution is 0.0976. The molecule has 0 bridgehead atoms. The second kappa shape index (κ2) is 9.76. The number of amides is 2. The van der Waals surface area contributed by atoms with Gasteiger partial charge in [-0.15, -0.1) is 11.3 Å². The molecule has 0 radical (unpaired) electrons. The number of nitrogens with two attached hydrogens (primary N) is 1. The lowest BCUT2D eigenvalue weighted by Gasteiger charge is -2.22. The number of benzene rings is 1. The zero-order chi connectivity index (χ0) is 23.6. The first-order chi connectivity index (χ1) is 15.0. The minimum atomic E-state index is -0.663. The van der Waals surface area contributed by atoms with E-state index in [9.17, 15) is 14.0 Å². The minimum absolute atomic E-state index is 0.117. The number of rotatable bonds is 8. The monoisotopic (exact) mass is 478 g/mol. The first-order valence-corrected chi connectivity index (χ1v) is 11.0. The average Bonchev–Trinajstić information content (AvgIpc) is 3.23. The number of thiazole rings is 1. The molecule has 2 N–H and O–H groups in total. The van der Waals surface area contributed by atoms with Crippen molar-refractivity contribution in [1.29, 1.82) is 0 Å². The maximum Gasteiger partial charge on any atom is 0.279 e. The number of carbonyl (C=O) groups is 2. The summed E-state index contributed by atoms with van der Waals surface area (Å²) >= 11 is 7.31. The molecule has 2 heterocycles. The Balaban J connectivity index is 1.94. The third kappa shape index (κ3) is 5.50. The second-order valence-corrected chi connectivity index (χ2v) is 9.11. The molecule has 2 aromatic heterocycles. The quantitative estimate of drug-likeness (QED) is 0.537. The first-order valence-electron chi connectivity index (χ1n) is 9.77. The van der Waals surface area contributed by atoms with Gasteiger partial charge in [0, 0.05) is 37.6 Å². The van der Waals surface area contributed by atoms with E-state index in [0.717, 1.165) is 5.01 Å². The van der Waals surface area contributed by atoms with Crippen molar-refractivity contribution in [3.63, 3.8) is 0 Å². The van der Waals surface area contributed by atoms with Crippen molar-refractivity contribution >= 4 is 39.8 Å². The topological polar surface area (TPSA) is 97.4 Å². The molecule has 0 unspecified atom stereocenters. The summed E-state index contributed by atoms with van der Waals surface area (Å²) in [7, 11) is 5.38. The summed E-state index contributed by atoms with van der Waals surface area (Å²) in [6.07, 6.45) is 0.383. The number of carbonyl (C=O) groups excluding carboxylic acids is 2. The summed E-state index contributed by atoms with van der Waals surface area (Å²) in [6.45, 7) is 2.81. The third-order valence-corrected chi connectivity index (χ3v) is 6.11. The highest BCUT2D eigenvalue weighted by atomic mass is 35.5. The van der Waals surface area contributed by atoms with Crippen LogP contribution in [0.4, 0.5) is 9.39 Å². The molecular weight excluding hydrogens is 455 g/mol. The van der Waals surface area contributed by atoms with E-state index in [1.807, 2.05) is 25.9 Å². The molecule has 0 saturated carbocycles. The Hall–Kier alpha value is -2.82.